The number of aromatic nitrogens is 1. The molecule has 0 fully saturated rings. The second kappa shape index (κ2) is 7.33. The number of fused-ring (bicyclic) bond motifs is 1. The van der Waals surface area contributed by atoms with Crippen LogP contribution in [0, 0.1) is 11.3 Å². The third kappa shape index (κ3) is 3.76. The summed E-state index contributed by atoms with van der Waals surface area (Å²) in [6, 6.07) is 15.1. The SMILES string of the molecule is CCCn1c(-c2ccc(NS(C)(=O)=O)cc2)c(C#N)c2cc(OC)ccc21. The van der Waals surface area contributed by atoms with E-state index in [1.54, 1.807) is 19.2 Å². The molecule has 1 heterocycles. The summed E-state index contributed by atoms with van der Waals surface area (Å²) in [6.45, 7) is 2.85. The van der Waals surface area contributed by atoms with Gasteiger partial charge in [0.15, 0.2) is 0 Å². The van der Waals surface area contributed by atoms with E-state index in [-0.39, 0.29) is 0 Å². The van der Waals surface area contributed by atoms with Crippen molar-refractivity contribution in [3.63, 3.8) is 0 Å². The number of nitrogens with one attached hydrogen (secondary N) is 1. The Kier molecular flexibility index (Phi) is 5.10. The fourth-order valence-electron chi connectivity index (χ4n) is 3.24. The Labute approximate surface area is 159 Å². The summed E-state index contributed by atoms with van der Waals surface area (Å²) in [5, 5.41) is 10.7. The fourth-order valence-corrected chi connectivity index (χ4v) is 3.80. The molecule has 0 spiro atoms. The molecule has 0 aliphatic heterocycles. The Morgan fingerprint density at radius 2 is 1.89 bits per heavy atom. The molecule has 0 unspecified atom stereocenters. The number of rotatable bonds is 6. The van der Waals surface area contributed by atoms with Gasteiger partial charge in [-0.25, -0.2) is 8.42 Å². The third-order valence-corrected chi connectivity index (χ3v) is 4.90. The Balaban J connectivity index is 2.20. The van der Waals surface area contributed by atoms with Crippen LogP contribution in [0.3, 0.4) is 0 Å². The van der Waals surface area contributed by atoms with E-state index in [2.05, 4.69) is 22.3 Å². The monoisotopic (exact) mass is 383 g/mol. The molecule has 0 atom stereocenters. The summed E-state index contributed by atoms with van der Waals surface area (Å²) in [4.78, 5) is 0. The molecule has 1 aromatic heterocycles. The van der Waals surface area contributed by atoms with Gasteiger partial charge in [-0.2, -0.15) is 5.26 Å². The van der Waals surface area contributed by atoms with Crippen LogP contribution in [0.2, 0.25) is 0 Å². The molecule has 0 radical (unpaired) electrons. The minimum Gasteiger partial charge on any atom is -0.497 e. The van der Waals surface area contributed by atoms with Gasteiger partial charge in [0.25, 0.3) is 0 Å². The minimum absolute atomic E-state index is 0.486. The maximum atomic E-state index is 11.4. The molecule has 0 aliphatic carbocycles. The second-order valence-electron chi connectivity index (χ2n) is 6.32. The summed E-state index contributed by atoms with van der Waals surface area (Å²) in [6.07, 6.45) is 2.03. The lowest BCUT2D eigenvalue weighted by molar-refractivity contribution is 0.415. The van der Waals surface area contributed by atoms with Crippen molar-refractivity contribution in [2.75, 3.05) is 18.1 Å². The molecule has 3 aromatic rings. The fraction of sp³-hybridized carbons (Fsp3) is 0.250. The molecule has 0 aliphatic rings. The lowest BCUT2D eigenvalue weighted by Gasteiger charge is -2.11. The van der Waals surface area contributed by atoms with E-state index in [0.29, 0.717) is 17.0 Å². The van der Waals surface area contributed by atoms with Crippen molar-refractivity contribution in [2.24, 2.45) is 0 Å². The van der Waals surface area contributed by atoms with E-state index in [0.717, 1.165) is 41.4 Å². The summed E-state index contributed by atoms with van der Waals surface area (Å²) in [7, 11) is -1.73. The average Bonchev–Trinajstić information content (AvgIpc) is 2.94. The zero-order valence-corrected chi connectivity index (χ0v) is 16.3. The van der Waals surface area contributed by atoms with Gasteiger partial charge in [-0.15, -0.1) is 0 Å². The zero-order chi connectivity index (χ0) is 19.6. The molecular formula is C20H21N3O3S. The predicted octanol–water partition coefficient (Wildman–Crippen LogP) is 3.97. The highest BCUT2D eigenvalue weighted by Gasteiger charge is 2.19. The van der Waals surface area contributed by atoms with Gasteiger partial charge in [0.1, 0.15) is 11.8 Å². The molecule has 1 N–H and O–H groups in total. The molecule has 6 nitrogen and oxygen atoms in total. The van der Waals surface area contributed by atoms with E-state index >= 15 is 0 Å². The van der Waals surface area contributed by atoms with Crippen molar-refractivity contribution in [1.82, 2.24) is 4.57 Å². The predicted molar refractivity (Wildman–Crippen MR) is 107 cm³/mol. The van der Waals surface area contributed by atoms with Gasteiger partial charge in [0.2, 0.25) is 10.0 Å². The molecule has 3 rings (SSSR count). The highest BCUT2D eigenvalue weighted by molar-refractivity contribution is 7.92. The van der Waals surface area contributed by atoms with Crippen LogP contribution in [0.4, 0.5) is 5.69 Å². The summed E-state index contributed by atoms with van der Waals surface area (Å²) in [5.41, 5.74) is 3.73. The van der Waals surface area contributed by atoms with Crippen LogP contribution in [-0.2, 0) is 16.6 Å². The molecule has 0 bridgehead atoms. The van der Waals surface area contributed by atoms with Crippen LogP contribution in [-0.4, -0.2) is 26.4 Å². The largest absolute Gasteiger partial charge is 0.497 e. The van der Waals surface area contributed by atoms with Crippen LogP contribution in [0.1, 0.15) is 18.9 Å². The molecule has 0 saturated carbocycles. The van der Waals surface area contributed by atoms with Crippen LogP contribution in [0.5, 0.6) is 5.75 Å². The van der Waals surface area contributed by atoms with Gasteiger partial charge in [0, 0.05) is 17.6 Å². The van der Waals surface area contributed by atoms with E-state index < -0.39 is 10.0 Å². The normalized spacial score (nSPS) is 11.3. The summed E-state index contributed by atoms with van der Waals surface area (Å²) in [5.74, 6) is 0.701. The van der Waals surface area contributed by atoms with Gasteiger partial charge in [0.05, 0.1) is 30.1 Å². The standard InChI is InChI=1S/C20H21N3O3S/c1-4-11-23-19-10-9-16(26-2)12-17(19)18(13-21)20(23)14-5-7-15(8-6-14)22-27(3,24)25/h5-10,12,22H,4,11H2,1-3H3. The molecule has 7 heteroatoms. The first-order chi connectivity index (χ1) is 12.9. The zero-order valence-electron chi connectivity index (χ0n) is 15.5. The third-order valence-electron chi connectivity index (χ3n) is 4.29. The van der Waals surface area contributed by atoms with Crippen LogP contribution in [0.15, 0.2) is 42.5 Å². The molecule has 0 saturated heterocycles. The number of hydrogen-bond donors (Lipinski definition) is 1. The van der Waals surface area contributed by atoms with Gasteiger partial charge >= 0.3 is 0 Å². The molecule has 0 amide bonds. The number of sulfonamides is 1. The second-order valence-corrected chi connectivity index (χ2v) is 8.07. The number of methoxy groups -OCH3 is 1. The van der Waals surface area contributed by atoms with Crippen LogP contribution in [0.25, 0.3) is 22.2 Å². The van der Waals surface area contributed by atoms with Crippen molar-refractivity contribution >= 4 is 26.6 Å². The number of ether oxygens (including phenoxy) is 1. The number of nitriles is 1. The summed E-state index contributed by atoms with van der Waals surface area (Å²) >= 11 is 0. The summed E-state index contributed by atoms with van der Waals surface area (Å²) < 4.78 is 32.7. The number of hydrogen-bond acceptors (Lipinski definition) is 4. The van der Waals surface area contributed by atoms with Crippen LogP contribution < -0.4 is 9.46 Å². The topological polar surface area (TPSA) is 84.1 Å². The van der Waals surface area contributed by atoms with Gasteiger partial charge in [-0.05, 0) is 42.3 Å². The number of anilines is 1. The van der Waals surface area contributed by atoms with Crippen molar-refractivity contribution in [1.29, 1.82) is 5.26 Å². The van der Waals surface area contributed by atoms with E-state index in [1.165, 1.54) is 0 Å². The number of benzene rings is 2. The van der Waals surface area contributed by atoms with Crippen molar-refractivity contribution in [3.8, 4) is 23.1 Å². The molecule has 140 valence electrons. The first kappa shape index (κ1) is 18.8. The minimum atomic E-state index is -3.33. The van der Waals surface area contributed by atoms with Crippen molar-refractivity contribution in [2.45, 2.75) is 19.9 Å². The molecular weight excluding hydrogens is 362 g/mol. The van der Waals surface area contributed by atoms with Crippen molar-refractivity contribution < 1.29 is 13.2 Å². The van der Waals surface area contributed by atoms with Gasteiger partial charge in [-0.3, -0.25) is 4.72 Å². The first-order valence-electron chi connectivity index (χ1n) is 8.56. The van der Waals surface area contributed by atoms with Crippen LogP contribution >= 0.6 is 0 Å². The van der Waals surface area contributed by atoms with Crippen molar-refractivity contribution in [3.05, 3.63) is 48.0 Å². The maximum absolute atomic E-state index is 11.4. The maximum Gasteiger partial charge on any atom is 0.229 e. The highest BCUT2D eigenvalue weighted by Crippen LogP contribution is 2.36. The van der Waals surface area contributed by atoms with E-state index in [1.807, 2.05) is 30.3 Å². The molecule has 2 aromatic carbocycles. The first-order valence-corrected chi connectivity index (χ1v) is 10.5. The Hall–Kier alpha value is -2.98. The average molecular weight is 383 g/mol. The van der Waals surface area contributed by atoms with E-state index in [4.69, 9.17) is 4.74 Å². The lowest BCUT2D eigenvalue weighted by Crippen LogP contribution is -2.09. The molecule has 27 heavy (non-hydrogen) atoms. The quantitative estimate of drug-likeness (QED) is 0.698. The number of aryl methyl sites for hydroxylation is 1. The van der Waals surface area contributed by atoms with Gasteiger partial charge in [-0.1, -0.05) is 19.1 Å². The lowest BCUT2D eigenvalue weighted by atomic mass is 10.1. The highest BCUT2D eigenvalue weighted by atomic mass is 32.2. The van der Waals surface area contributed by atoms with E-state index in [9.17, 15) is 13.7 Å². The Bertz CT molecular complexity index is 1120. The number of nitrogens with zero attached hydrogens (tertiary/aromatic N) is 2. The Morgan fingerprint density at radius 1 is 1.19 bits per heavy atom. The Morgan fingerprint density at radius 3 is 2.44 bits per heavy atom. The van der Waals surface area contributed by atoms with Gasteiger partial charge < -0.3 is 9.30 Å². The smallest absolute Gasteiger partial charge is 0.229 e.